The summed E-state index contributed by atoms with van der Waals surface area (Å²) in [7, 11) is 1.73. The molecule has 0 bridgehead atoms. The van der Waals surface area contributed by atoms with Gasteiger partial charge in [-0.15, -0.1) is 0 Å². The molecule has 0 spiro atoms. The Morgan fingerprint density at radius 3 is 2.57 bits per heavy atom. The molecule has 1 aliphatic heterocycles. The summed E-state index contributed by atoms with van der Waals surface area (Å²) in [6.45, 7) is 3.64. The van der Waals surface area contributed by atoms with E-state index < -0.39 is 11.5 Å². The SMILES string of the molecule is CN1C(=O)CCOc2cc(C#CC(C)(C)O)ccc21.NC(=O)c1cc(Oc2ccccc2)ccn1. The quantitative estimate of drug-likeness (QED) is 0.563. The highest BCUT2D eigenvalue weighted by Gasteiger charge is 2.19. The first-order valence-electron chi connectivity index (χ1n) is 10.9. The van der Waals surface area contributed by atoms with Crippen LogP contribution in [0.4, 0.5) is 5.69 Å². The number of carbonyl (C=O) groups is 2. The van der Waals surface area contributed by atoms with E-state index in [1.165, 1.54) is 12.3 Å². The first kappa shape index (κ1) is 25.3. The van der Waals surface area contributed by atoms with Crippen LogP contribution in [-0.4, -0.2) is 41.2 Å². The smallest absolute Gasteiger partial charge is 0.267 e. The molecule has 0 aliphatic carbocycles. The first-order chi connectivity index (χ1) is 16.6. The molecule has 2 amide bonds. The van der Waals surface area contributed by atoms with E-state index in [9.17, 15) is 14.7 Å². The summed E-state index contributed by atoms with van der Waals surface area (Å²) in [5, 5.41) is 9.58. The van der Waals surface area contributed by atoms with E-state index in [-0.39, 0.29) is 11.6 Å². The molecule has 0 unspecified atom stereocenters. The maximum Gasteiger partial charge on any atom is 0.267 e. The molecular weight excluding hydrogens is 446 g/mol. The zero-order valence-corrected chi connectivity index (χ0v) is 19.8. The van der Waals surface area contributed by atoms with Crippen molar-refractivity contribution in [3.63, 3.8) is 0 Å². The van der Waals surface area contributed by atoms with Crippen molar-refractivity contribution in [1.29, 1.82) is 0 Å². The Labute approximate surface area is 204 Å². The number of nitrogens with two attached hydrogens (primary N) is 1. The molecule has 2 aromatic carbocycles. The van der Waals surface area contributed by atoms with Gasteiger partial charge in [-0.3, -0.25) is 14.6 Å². The molecule has 0 atom stereocenters. The largest absolute Gasteiger partial charge is 0.491 e. The van der Waals surface area contributed by atoms with E-state index in [4.69, 9.17) is 15.2 Å². The maximum atomic E-state index is 11.7. The predicted octanol–water partition coefficient (Wildman–Crippen LogP) is 3.53. The summed E-state index contributed by atoms with van der Waals surface area (Å²) in [6.07, 6.45) is 1.86. The Morgan fingerprint density at radius 2 is 1.89 bits per heavy atom. The van der Waals surface area contributed by atoms with Gasteiger partial charge in [0.25, 0.3) is 5.91 Å². The third-order valence-electron chi connectivity index (χ3n) is 4.74. The minimum absolute atomic E-state index is 0.0362. The van der Waals surface area contributed by atoms with Gasteiger partial charge in [-0.2, -0.15) is 0 Å². The van der Waals surface area contributed by atoms with E-state index in [1.807, 2.05) is 42.5 Å². The van der Waals surface area contributed by atoms with Crippen molar-refractivity contribution in [2.75, 3.05) is 18.6 Å². The zero-order chi connectivity index (χ0) is 25.4. The lowest BCUT2D eigenvalue weighted by atomic mass is 10.1. The lowest BCUT2D eigenvalue weighted by molar-refractivity contribution is -0.118. The summed E-state index contributed by atoms with van der Waals surface area (Å²) in [5.41, 5.74) is 5.78. The van der Waals surface area contributed by atoms with Crippen molar-refractivity contribution >= 4 is 17.5 Å². The first-order valence-corrected chi connectivity index (χ1v) is 10.9. The number of rotatable bonds is 3. The van der Waals surface area contributed by atoms with Gasteiger partial charge in [-0.1, -0.05) is 30.0 Å². The van der Waals surface area contributed by atoms with Gasteiger partial charge in [0.05, 0.1) is 18.7 Å². The second kappa shape index (κ2) is 11.2. The minimum atomic E-state index is -1.03. The molecule has 0 saturated carbocycles. The van der Waals surface area contributed by atoms with E-state index >= 15 is 0 Å². The number of hydrogen-bond acceptors (Lipinski definition) is 6. The number of benzene rings is 2. The molecule has 3 N–H and O–H groups in total. The summed E-state index contributed by atoms with van der Waals surface area (Å²) in [5.74, 6) is 7.00. The third kappa shape index (κ3) is 7.59. The Morgan fingerprint density at radius 1 is 1.14 bits per heavy atom. The fourth-order valence-electron chi connectivity index (χ4n) is 2.99. The fourth-order valence-corrected chi connectivity index (χ4v) is 2.99. The molecule has 1 aromatic heterocycles. The molecule has 8 heteroatoms. The molecule has 35 heavy (non-hydrogen) atoms. The highest BCUT2D eigenvalue weighted by molar-refractivity contribution is 5.95. The number of hydrogen-bond donors (Lipinski definition) is 2. The number of amides is 2. The van der Waals surface area contributed by atoms with Crippen LogP contribution in [0, 0.1) is 11.8 Å². The molecule has 180 valence electrons. The van der Waals surface area contributed by atoms with Crippen LogP contribution in [-0.2, 0) is 4.79 Å². The third-order valence-corrected chi connectivity index (χ3v) is 4.74. The Hall–Kier alpha value is -4.35. The van der Waals surface area contributed by atoms with Gasteiger partial charge in [-0.25, -0.2) is 0 Å². The Kier molecular flexibility index (Phi) is 8.08. The number of ether oxygens (including phenoxy) is 2. The monoisotopic (exact) mass is 473 g/mol. The lowest BCUT2D eigenvalue weighted by Gasteiger charge is -2.16. The van der Waals surface area contributed by atoms with Crippen LogP contribution in [0.2, 0.25) is 0 Å². The number of fused-ring (bicyclic) bond motifs is 1. The van der Waals surface area contributed by atoms with Crippen molar-refractivity contribution < 1.29 is 24.2 Å². The molecule has 8 nitrogen and oxygen atoms in total. The number of aliphatic hydroxyl groups is 1. The summed E-state index contributed by atoms with van der Waals surface area (Å²) >= 11 is 0. The van der Waals surface area contributed by atoms with Crippen LogP contribution in [0.1, 0.15) is 36.3 Å². The molecular formula is C27H27N3O5. The van der Waals surface area contributed by atoms with Crippen LogP contribution < -0.4 is 20.1 Å². The molecule has 1 aliphatic rings. The van der Waals surface area contributed by atoms with E-state index in [1.54, 1.807) is 37.9 Å². The number of para-hydroxylation sites is 1. The zero-order valence-electron chi connectivity index (χ0n) is 19.8. The Bertz CT molecular complexity index is 1260. The predicted molar refractivity (Wildman–Crippen MR) is 132 cm³/mol. The van der Waals surface area contributed by atoms with E-state index in [2.05, 4.69) is 16.8 Å². The minimum Gasteiger partial charge on any atom is -0.491 e. The van der Waals surface area contributed by atoms with Crippen LogP contribution >= 0.6 is 0 Å². The molecule has 3 aromatic rings. The average Bonchev–Trinajstić information content (AvgIpc) is 2.96. The highest BCUT2D eigenvalue weighted by Crippen LogP contribution is 2.31. The van der Waals surface area contributed by atoms with Crippen LogP contribution in [0.25, 0.3) is 0 Å². The normalized spacial score (nSPS) is 12.6. The van der Waals surface area contributed by atoms with Gasteiger partial charge < -0.3 is 25.2 Å². The van der Waals surface area contributed by atoms with Crippen LogP contribution in [0.3, 0.4) is 0 Å². The van der Waals surface area contributed by atoms with Crippen molar-refractivity contribution in [3.05, 3.63) is 78.1 Å². The standard InChI is InChI=1S/C15H17NO3.C12H10N2O2/c1-15(2,18)8-6-11-4-5-12-13(10-11)19-9-7-14(17)16(12)3;13-12(15)11-8-10(6-7-14-11)16-9-4-2-1-3-5-9/h4-5,10,18H,7,9H2,1-3H3;1-8H,(H2,13,15). The van der Waals surface area contributed by atoms with Gasteiger partial charge in [0, 0.05) is 24.9 Å². The van der Waals surface area contributed by atoms with Gasteiger partial charge >= 0.3 is 0 Å². The lowest BCUT2D eigenvalue weighted by Crippen LogP contribution is -2.25. The molecule has 0 fully saturated rings. The number of pyridine rings is 1. The van der Waals surface area contributed by atoms with E-state index in [0.717, 1.165) is 11.3 Å². The van der Waals surface area contributed by atoms with E-state index in [0.29, 0.717) is 30.3 Å². The number of primary amides is 1. The fraction of sp³-hybridized carbons (Fsp3) is 0.222. The summed E-state index contributed by atoms with van der Waals surface area (Å²) in [6, 6.07) is 17.9. The molecule has 0 saturated heterocycles. The van der Waals surface area contributed by atoms with Crippen molar-refractivity contribution in [2.24, 2.45) is 5.73 Å². The number of anilines is 1. The van der Waals surface area contributed by atoms with Crippen LogP contribution in [0.15, 0.2) is 66.9 Å². The maximum absolute atomic E-state index is 11.7. The second-order valence-electron chi connectivity index (χ2n) is 8.20. The van der Waals surface area contributed by atoms with Gasteiger partial charge in [0.1, 0.15) is 28.5 Å². The average molecular weight is 474 g/mol. The van der Waals surface area contributed by atoms with Gasteiger partial charge in [-0.05, 0) is 50.2 Å². The van der Waals surface area contributed by atoms with Crippen molar-refractivity contribution in [1.82, 2.24) is 4.98 Å². The molecule has 2 heterocycles. The Balaban J connectivity index is 0.000000198. The van der Waals surface area contributed by atoms with Gasteiger partial charge in [0.2, 0.25) is 5.91 Å². The summed E-state index contributed by atoms with van der Waals surface area (Å²) in [4.78, 5) is 28.0. The van der Waals surface area contributed by atoms with Crippen LogP contribution in [0.5, 0.6) is 17.2 Å². The topological polar surface area (TPSA) is 115 Å². The number of carbonyl (C=O) groups excluding carboxylic acids is 2. The van der Waals surface area contributed by atoms with Crippen molar-refractivity contribution in [2.45, 2.75) is 25.9 Å². The van der Waals surface area contributed by atoms with Crippen molar-refractivity contribution in [3.8, 4) is 29.1 Å². The molecule has 0 radical (unpaired) electrons. The number of aromatic nitrogens is 1. The second-order valence-corrected chi connectivity index (χ2v) is 8.20. The number of nitrogens with zero attached hydrogens (tertiary/aromatic N) is 2. The summed E-state index contributed by atoms with van der Waals surface area (Å²) < 4.78 is 11.1. The van der Waals surface area contributed by atoms with Gasteiger partial charge in [0.15, 0.2) is 0 Å². The highest BCUT2D eigenvalue weighted by atomic mass is 16.5. The molecule has 4 rings (SSSR count).